The van der Waals surface area contributed by atoms with Crippen molar-refractivity contribution in [2.45, 2.75) is 51.3 Å². The van der Waals surface area contributed by atoms with Gasteiger partial charge in [-0.3, -0.25) is 19.7 Å². The Labute approximate surface area is 161 Å². The Morgan fingerprint density at radius 3 is 2.82 bits per heavy atom. The zero-order chi connectivity index (χ0) is 20.1. The Kier molecular flexibility index (Phi) is 4.26. The number of benzene rings is 1. The third kappa shape index (κ3) is 2.88. The van der Waals surface area contributed by atoms with E-state index in [2.05, 4.69) is 15.6 Å². The maximum atomic E-state index is 12.9. The molecule has 3 amide bonds. The molecular formula is C19H21N5O4. The molecule has 2 aliphatic heterocycles. The van der Waals surface area contributed by atoms with E-state index < -0.39 is 17.6 Å². The molecule has 2 aromatic rings. The molecule has 9 nitrogen and oxygen atoms in total. The van der Waals surface area contributed by atoms with E-state index in [1.165, 1.54) is 4.90 Å². The van der Waals surface area contributed by atoms with Gasteiger partial charge in [0.1, 0.15) is 17.3 Å². The number of aliphatic hydroxyl groups is 1. The number of piperidine rings is 1. The van der Waals surface area contributed by atoms with Crippen molar-refractivity contribution in [3.63, 3.8) is 0 Å². The first-order valence-corrected chi connectivity index (χ1v) is 9.24. The standard InChI is InChI=1S/C19H21N5O4/c1-3-19(2,28)15-10-24(22-21-15)13-6-4-5-11-12(13)9-23(18(11)27)14-7-8-16(25)20-17(14)26/h4-6,10,14,28H,3,7-9H2,1-2H3,(H,20,25,26). The number of rotatable bonds is 4. The summed E-state index contributed by atoms with van der Waals surface area (Å²) in [6, 6.07) is 4.61. The quantitative estimate of drug-likeness (QED) is 0.749. The number of fused-ring (bicyclic) bond motifs is 1. The summed E-state index contributed by atoms with van der Waals surface area (Å²) in [6.45, 7) is 3.77. The predicted molar refractivity (Wildman–Crippen MR) is 97.3 cm³/mol. The van der Waals surface area contributed by atoms with Crippen LogP contribution in [0.3, 0.4) is 0 Å². The monoisotopic (exact) mass is 383 g/mol. The van der Waals surface area contributed by atoms with E-state index in [0.29, 0.717) is 29.8 Å². The third-order valence-corrected chi connectivity index (χ3v) is 5.54. The smallest absolute Gasteiger partial charge is 0.255 e. The molecular weight excluding hydrogens is 362 g/mol. The second-order valence-corrected chi connectivity index (χ2v) is 7.38. The summed E-state index contributed by atoms with van der Waals surface area (Å²) < 4.78 is 1.54. The van der Waals surface area contributed by atoms with Crippen LogP contribution in [0.25, 0.3) is 5.69 Å². The molecule has 28 heavy (non-hydrogen) atoms. The van der Waals surface area contributed by atoms with Crippen LogP contribution in [0.5, 0.6) is 0 Å². The van der Waals surface area contributed by atoms with Gasteiger partial charge in [-0.15, -0.1) is 5.10 Å². The highest BCUT2D eigenvalue weighted by atomic mass is 16.3. The van der Waals surface area contributed by atoms with Crippen molar-refractivity contribution in [3.05, 3.63) is 41.2 Å². The van der Waals surface area contributed by atoms with Gasteiger partial charge in [-0.05, 0) is 31.9 Å². The Hall–Kier alpha value is -3.07. The van der Waals surface area contributed by atoms with Crippen LogP contribution in [-0.2, 0) is 21.7 Å². The van der Waals surface area contributed by atoms with Gasteiger partial charge < -0.3 is 10.0 Å². The van der Waals surface area contributed by atoms with E-state index in [1.54, 1.807) is 29.9 Å². The molecule has 0 radical (unpaired) electrons. The zero-order valence-corrected chi connectivity index (χ0v) is 15.7. The second kappa shape index (κ2) is 6.52. The Morgan fingerprint density at radius 1 is 1.32 bits per heavy atom. The van der Waals surface area contributed by atoms with Gasteiger partial charge in [0.05, 0.1) is 11.9 Å². The van der Waals surface area contributed by atoms with Gasteiger partial charge in [0.2, 0.25) is 11.8 Å². The topological polar surface area (TPSA) is 117 Å². The van der Waals surface area contributed by atoms with Crippen molar-refractivity contribution in [1.82, 2.24) is 25.2 Å². The van der Waals surface area contributed by atoms with E-state index in [1.807, 2.05) is 13.0 Å². The molecule has 9 heteroatoms. The van der Waals surface area contributed by atoms with Gasteiger partial charge >= 0.3 is 0 Å². The molecule has 2 N–H and O–H groups in total. The molecule has 1 aromatic carbocycles. The molecule has 0 spiro atoms. The predicted octanol–water partition coefficient (Wildman–Crippen LogP) is 0.646. The van der Waals surface area contributed by atoms with Gasteiger partial charge in [-0.2, -0.15) is 0 Å². The van der Waals surface area contributed by atoms with E-state index >= 15 is 0 Å². The number of nitrogens with zero attached hydrogens (tertiary/aromatic N) is 4. The SMILES string of the molecule is CCC(C)(O)c1cn(-c2cccc3c2CN(C2CCC(=O)NC2=O)C3=O)nn1. The number of amides is 3. The normalized spacial score (nSPS) is 21.5. The Bertz CT molecular complexity index is 980. The molecule has 0 aliphatic carbocycles. The van der Waals surface area contributed by atoms with Gasteiger partial charge in [-0.1, -0.05) is 18.2 Å². The Balaban J connectivity index is 1.67. The van der Waals surface area contributed by atoms with Crippen molar-refractivity contribution >= 4 is 17.7 Å². The Morgan fingerprint density at radius 2 is 2.11 bits per heavy atom. The minimum Gasteiger partial charge on any atom is -0.384 e. The average Bonchev–Trinajstić information content (AvgIpc) is 3.28. The largest absolute Gasteiger partial charge is 0.384 e. The van der Waals surface area contributed by atoms with Gasteiger partial charge in [0.15, 0.2) is 0 Å². The summed E-state index contributed by atoms with van der Waals surface area (Å²) in [6.07, 6.45) is 2.66. The lowest BCUT2D eigenvalue weighted by atomic mass is 10.0. The zero-order valence-electron chi connectivity index (χ0n) is 15.7. The number of carbonyl (C=O) groups excluding carboxylic acids is 3. The number of hydrogen-bond donors (Lipinski definition) is 2. The molecule has 1 saturated heterocycles. The molecule has 1 aromatic heterocycles. The number of hydrogen-bond acceptors (Lipinski definition) is 6. The number of imide groups is 1. The van der Waals surface area contributed by atoms with E-state index in [4.69, 9.17) is 0 Å². The highest BCUT2D eigenvalue weighted by Crippen LogP contribution is 2.32. The van der Waals surface area contributed by atoms with Crippen LogP contribution in [0.1, 0.15) is 54.7 Å². The number of nitrogens with one attached hydrogen (secondary N) is 1. The molecule has 2 unspecified atom stereocenters. The van der Waals surface area contributed by atoms with Crippen molar-refractivity contribution in [2.24, 2.45) is 0 Å². The molecule has 4 rings (SSSR count). The maximum absolute atomic E-state index is 12.9. The molecule has 0 saturated carbocycles. The fourth-order valence-electron chi connectivity index (χ4n) is 3.59. The average molecular weight is 383 g/mol. The molecule has 2 atom stereocenters. The first-order valence-electron chi connectivity index (χ1n) is 9.24. The van der Waals surface area contributed by atoms with Crippen molar-refractivity contribution < 1.29 is 19.5 Å². The minimum atomic E-state index is -1.09. The van der Waals surface area contributed by atoms with Crippen LogP contribution in [0, 0.1) is 0 Å². The van der Waals surface area contributed by atoms with Crippen molar-refractivity contribution in [2.75, 3.05) is 0 Å². The number of aromatic nitrogens is 3. The summed E-state index contributed by atoms with van der Waals surface area (Å²) in [5.74, 6) is -1.00. The summed E-state index contributed by atoms with van der Waals surface area (Å²) in [5.41, 5.74) is 1.27. The summed E-state index contributed by atoms with van der Waals surface area (Å²) >= 11 is 0. The lowest BCUT2D eigenvalue weighted by Gasteiger charge is -2.29. The summed E-state index contributed by atoms with van der Waals surface area (Å²) in [7, 11) is 0. The maximum Gasteiger partial charge on any atom is 0.255 e. The van der Waals surface area contributed by atoms with Crippen LogP contribution in [-0.4, -0.2) is 48.8 Å². The lowest BCUT2D eigenvalue weighted by molar-refractivity contribution is -0.136. The first-order chi connectivity index (χ1) is 13.3. The number of carbonyl (C=O) groups is 3. The van der Waals surface area contributed by atoms with Crippen LogP contribution >= 0.6 is 0 Å². The minimum absolute atomic E-state index is 0.210. The molecule has 0 bridgehead atoms. The fourth-order valence-corrected chi connectivity index (χ4v) is 3.59. The fraction of sp³-hybridized carbons (Fsp3) is 0.421. The summed E-state index contributed by atoms with van der Waals surface area (Å²) in [4.78, 5) is 38.0. The molecule has 3 heterocycles. The first kappa shape index (κ1) is 18.3. The van der Waals surface area contributed by atoms with Crippen LogP contribution in [0.15, 0.2) is 24.4 Å². The lowest BCUT2D eigenvalue weighted by Crippen LogP contribution is -2.52. The van der Waals surface area contributed by atoms with Gasteiger partial charge in [0, 0.05) is 24.1 Å². The third-order valence-electron chi connectivity index (χ3n) is 5.54. The molecule has 1 fully saturated rings. The summed E-state index contributed by atoms with van der Waals surface area (Å²) in [5, 5.41) is 20.9. The molecule has 2 aliphatic rings. The van der Waals surface area contributed by atoms with Crippen LogP contribution in [0.4, 0.5) is 0 Å². The van der Waals surface area contributed by atoms with Crippen LogP contribution < -0.4 is 5.32 Å². The van der Waals surface area contributed by atoms with E-state index in [9.17, 15) is 19.5 Å². The highest BCUT2D eigenvalue weighted by molar-refractivity contribution is 6.05. The molecule has 146 valence electrons. The van der Waals surface area contributed by atoms with Crippen LogP contribution in [0.2, 0.25) is 0 Å². The van der Waals surface area contributed by atoms with E-state index in [-0.39, 0.29) is 24.8 Å². The van der Waals surface area contributed by atoms with Crippen molar-refractivity contribution in [3.8, 4) is 5.69 Å². The van der Waals surface area contributed by atoms with Crippen molar-refractivity contribution in [1.29, 1.82) is 0 Å². The highest BCUT2D eigenvalue weighted by Gasteiger charge is 2.40. The van der Waals surface area contributed by atoms with Gasteiger partial charge in [-0.25, -0.2) is 4.68 Å². The van der Waals surface area contributed by atoms with E-state index in [0.717, 1.165) is 5.56 Å². The van der Waals surface area contributed by atoms with Gasteiger partial charge in [0.25, 0.3) is 5.91 Å². The second-order valence-electron chi connectivity index (χ2n) is 7.38.